The molecule has 3 N–H and O–H groups in total. The van der Waals surface area contributed by atoms with Gasteiger partial charge in [0.1, 0.15) is 5.82 Å². The molecular formula is C24H34F3N5O2S. The lowest BCUT2D eigenvalue weighted by atomic mass is 9.93. The van der Waals surface area contributed by atoms with Crippen molar-refractivity contribution in [3.8, 4) is 11.3 Å². The molecule has 2 aliphatic rings. The van der Waals surface area contributed by atoms with Gasteiger partial charge >= 0.3 is 6.18 Å². The van der Waals surface area contributed by atoms with Gasteiger partial charge in [0.2, 0.25) is 10.0 Å². The number of aryl methyl sites for hydroxylation is 1. The van der Waals surface area contributed by atoms with E-state index in [1.165, 1.54) is 70.5 Å². The Labute approximate surface area is 205 Å². The predicted molar refractivity (Wildman–Crippen MR) is 132 cm³/mol. The quantitative estimate of drug-likeness (QED) is 0.581. The average molecular weight is 514 g/mol. The van der Waals surface area contributed by atoms with E-state index in [9.17, 15) is 21.6 Å². The highest BCUT2D eigenvalue weighted by atomic mass is 32.2. The van der Waals surface area contributed by atoms with Crippen molar-refractivity contribution in [1.82, 2.24) is 15.1 Å². The maximum Gasteiger partial charge on any atom is 0.416 e. The molecule has 0 unspecified atom stereocenters. The molecule has 2 aromatic rings. The molecule has 0 bridgehead atoms. The van der Waals surface area contributed by atoms with Crippen molar-refractivity contribution >= 4 is 21.5 Å². The molecule has 0 amide bonds. The van der Waals surface area contributed by atoms with Crippen LogP contribution >= 0.6 is 0 Å². The third-order valence-electron chi connectivity index (χ3n) is 6.42. The number of benzene rings is 1. The summed E-state index contributed by atoms with van der Waals surface area (Å²) < 4.78 is 63.4. The monoisotopic (exact) mass is 513 g/mol. The van der Waals surface area contributed by atoms with E-state index >= 15 is 0 Å². The van der Waals surface area contributed by atoms with E-state index in [4.69, 9.17) is 5.73 Å². The second-order valence-electron chi connectivity index (χ2n) is 9.32. The molecule has 2 fully saturated rings. The number of nitrogens with zero attached hydrogens (tertiary/aromatic N) is 3. The molecule has 1 saturated heterocycles. The largest absolute Gasteiger partial charge is 0.416 e. The maximum atomic E-state index is 12.8. The topological polar surface area (TPSA) is 101 Å². The summed E-state index contributed by atoms with van der Waals surface area (Å²) in [5.41, 5.74) is 5.28. The first-order valence-electron chi connectivity index (χ1n) is 12.0. The Morgan fingerprint density at radius 2 is 1.63 bits per heavy atom. The normalized spacial score (nSPS) is 18.0. The highest BCUT2D eigenvalue weighted by molar-refractivity contribution is 7.92. The van der Waals surface area contributed by atoms with Crippen LogP contribution in [0.4, 0.5) is 24.7 Å². The molecule has 0 atom stereocenters. The lowest BCUT2D eigenvalue weighted by Crippen LogP contribution is -2.40. The van der Waals surface area contributed by atoms with Crippen LogP contribution in [0.5, 0.6) is 0 Å². The Hall–Kier alpha value is -2.40. The van der Waals surface area contributed by atoms with Crippen LogP contribution in [-0.4, -0.2) is 48.9 Å². The zero-order chi connectivity index (χ0) is 25.6. The van der Waals surface area contributed by atoms with E-state index < -0.39 is 21.8 Å². The molecule has 0 spiro atoms. The Kier molecular flexibility index (Phi) is 8.98. The fourth-order valence-electron chi connectivity index (χ4n) is 4.58. The zero-order valence-corrected chi connectivity index (χ0v) is 21.1. The molecule has 1 aromatic carbocycles. The number of hydrogen-bond acceptors (Lipinski definition) is 6. The van der Waals surface area contributed by atoms with Gasteiger partial charge < -0.3 is 10.6 Å². The van der Waals surface area contributed by atoms with Crippen molar-refractivity contribution in [2.75, 3.05) is 29.8 Å². The van der Waals surface area contributed by atoms with Gasteiger partial charge in [-0.05, 0) is 69.5 Å². The summed E-state index contributed by atoms with van der Waals surface area (Å²) in [4.78, 5) is 2.75. The van der Waals surface area contributed by atoms with Crippen molar-refractivity contribution in [3.05, 3.63) is 35.4 Å². The maximum absolute atomic E-state index is 12.8. The number of nitrogens with one attached hydrogen (secondary N) is 1. The average Bonchev–Trinajstić information content (AvgIpc) is 2.81. The molecule has 0 radical (unpaired) electrons. The van der Waals surface area contributed by atoms with E-state index in [2.05, 4.69) is 19.8 Å². The van der Waals surface area contributed by atoms with Crippen molar-refractivity contribution in [2.24, 2.45) is 0 Å². The number of nitrogens with two attached hydrogens (primary N) is 1. The number of aromatic nitrogens is 2. The van der Waals surface area contributed by atoms with Crippen molar-refractivity contribution < 1.29 is 21.6 Å². The van der Waals surface area contributed by atoms with Crippen LogP contribution in [0.1, 0.15) is 62.5 Å². The van der Waals surface area contributed by atoms with Crippen LogP contribution in [0.15, 0.2) is 24.3 Å². The molecule has 1 aromatic heterocycles. The highest BCUT2D eigenvalue weighted by Gasteiger charge is 2.31. The van der Waals surface area contributed by atoms with E-state index in [0.29, 0.717) is 11.6 Å². The summed E-state index contributed by atoms with van der Waals surface area (Å²) >= 11 is 0. The van der Waals surface area contributed by atoms with Gasteiger partial charge in [-0.3, -0.25) is 4.72 Å². The summed E-state index contributed by atoms with van der Waals surface area (Å²) in [6.07, 6.45) is 8.06. The van der Waals surface area contributed by atoms with Gasteiger partial charge in [0.05, 0.1) is 23.2 Å². The Balaban J connectivity index is 0.000000237. The minimum Gasteiger partial charge on any atom is -0.382 e. The van der Waals surface area contributed by atoms with E-state index in [1.807, 2.05) is 0 Å². The van der Waals surface area contributed by atoms with E-state index in [-0.39, 0.29) is 22.8 Å². The van der Waals surface area contributed by atoms with Crippen LogP contribution in [0, 0.1) is 6.92 Å². The van der Waals surface area contributed by atoms with E-state index in [0.717, 1.165) is 24.4 Å². The molecule has 194 valence electrons. The van der Waals surface area contributed by atoms with Gasteiger partial charge in [-0.15, -0.1) is 10.2 Å². The van der Waals surface area contributed by atoms with Crippen LogP contribution in [0.3, 0.4) is 0 Å². The van der Waals surface area contributed by atoms with Gasteiger partial charge in [-0.1, -0.05) is 31.7 Å². The first kappa shape index (κ1) is 27.2. The minimum absolute atomic E-state index is 0.166. The van der Waals surface area contributed by atoms with Gasteiger partial charge in [0.25, 0.3) is 0 Å². The van der Waals surface area contributed by atoms with Crippen molar-refractivity contribution in [1.29, 1.82) is 0 Å². The first-order valence-corrected chi connectivity index (χ1v) is 13.9. The first-order chi connectivity index (χ1) is 16.4. The highest BCUT2D eigenvalue weighted by Crippen LogP contribution is 2.36. The van der Waals surface area contributed by atoms with Gasteiger partial charge in [-0.25, -0.2) is 8.42 Å². The molecule has 35 heavy (non-hydrogen) atoms. The van der Waals surface area contributed by atoms with Crippen LogP contribution < -0.4 is 10.5 Å². The number of anilines is 2. The molecule has 1 aliphatic carbocycles. The van der Waals surface area contributed by atoms with E-state index in [1.54, 1.807) is 6.92 Å². The van der Waals surface area contributed by atoms with Gasteiger partial charge in [-0.2, -0.15) is 13.2 Å². The molecule has 7 nitrogen and oxygen atoms in total. The number of nitrogen functional groups attached to an aromatic ring is 1. The second-order valence-corrected chi connectivity index (χ2v) is 11.1. The summed E-state index contributed by atoms with van der Waals surface area (Å²) in [5, 5.41) is 7.49. The molecule has 4 rings (SSSR count). The summed E-state index contributed by atoms with van der Waals surface area (Å²) in [6.45, 7) is 4.44. The lowest BCUT2D eigenvalue weighted by molar-refractivity contribution is -0.137. The number of sulfonamides is 1. The van der Waals surface area contributed by atoms with Crippen LogP contribution in [-0.2, 0) is 16.2 Å². The summed E-state index contributed by atoms with van der Waals surface area (Å²) in [7, 11) is -3.78. The van der Waals surface area contributed by atoms with Crippen LogP contribution in [0.2, 0.25) is 0 Å². The van der Waals surface area contributed by atoms with Gasteiger partial charge in [0.15, 0.2) is 0 Å². The molecule has 11 heteroatoms. The third kappa shape index (κ3) is 8.06. The standard InChI is InChI=1S/C13H13F3N4O2S.C11H21N/c1-7-5-10(18-19-12(7)17)9-4-3-8(13(14,15)16)6-11(9)20-23(2,21)22;1-3-7-11(8-4-1)12-9-5-2-6-10-12/h3-6,20H,1-2H3,(H2,17,19);11H,1-10H2. The molecular weight excluding hydrogens is 479 g/mol. The van der Waals surface area contributed by atoms with Crippen LogP contribution in [0.25, 0.3) is 11.3 Å². The smallest absolute Gasteiger partial charge is 0.382 e. The van der Waals surface area contributed by atoms with Crippen molar-refractivity contribution in [3.63, 3.8) is 0 Å². The fourth-order valence-corrected chi connectivity index (χ4v) is 5.15. The third-order valence-corrected chi connectivity index (χ3v) is 7.01. The Morgan fingerprint density at radius 3 is 2.20 bits per heavy atom. The van der Waals surface area contributed by atoms with Gasteiger partial charge in [0, 0.05) is 11.6 Å². The number of piperidine rings is 1. The second kappa shape index (κ2) is 11.6. The lowest BCUT2D eigenvalue weighted by Gasteiger charge is -2.36. The fraction of sp³-hybridized carbons (Fsp3) is 0.583. The summed E-state index contributed by atoms with van der Waals surface area (Å²) in [6, 6.07) is 5.17. The molecule has 2 heterocycles. The minimum atomic E-state index is -4.60. The Bertz CT molecular complexity index is 1080. The zero-order valence-electron chi connectivity index (χ0n) is 20.2. The molecule has 1 saturated carbocycles. The SMILES string of the molecule is C1CCC(N2CCCCC2)CC1.Cc1cc(-c2ccc(C(F)(F)F)cc2NS(C)(=O)=O)nnc1N. The molecule has 1 aliphatic heterocycles. The number of rotatable bonds is 4. The number of alkyl halides is 3. The number of halogens is 3. The number of likely N-dealkylation sites (tertiary alicyclic amines) is 1. The predicted octanol–water partition coefficient (Wildman–Crippen LogP) is 5.23. The number of hydrogen-bond donors (Lipinski definition) is 2. The Morgan fingerprint density at radius 1 is 1.00 bits per heavy atom. The van der Waals surface area contributed by atoms with Crippen molar-refractivity contribution in [2.45, 2.75) is 70.5 Å². The summed E-state index contributed by atoms with van der Waals surface area (Å²) in [5.74, 6) is 0.179.